The van der Waals surface area contributed by atoms with Gasteiger partial charge in [0.25, 0.3) is 0 Å². The van der Waals surface area contributed by atoms with Crippen molar-refractivity contribution in [3.63, 3.8) is 0 Å². The first kappa shape index (κ1) is 13.3. The van der Waals surface area contributed by atoms with Gasteiger partial charge in [-0.05, 0) is 19.8 Å². The summed E-state index contributed by atoms with van der Waals surface area (Å²) >= 11 is 0. The Balaban J connectivity index is 2.54. The van der Waals surface area contributed by atoms with Crippen LogP contribution in [0.5, 0.6) is 0 Å². The lowest BCUT2D eigenvalue weighted by Gasteiger charge is -2.34. The molecule has 94 valence electrons. The SMILES string of the molecule is CCOC(=O)NC1(CN)CCCCCCC1. The standard InChI is InChI=1S/C12H24N2O2/c1-2-16-11(15)14-12(10-13)8-6-4-3-5-7-9-12/h2-10,13H2,1H3,(H,14,15). The van der Waals surface area contributed by atoms with Gasteiger partial charge in [-0.1, -0.05) is 32.1 Å². The average molecular weight is 228 g/mol. The normalized spacial score (nSPS) is 20.6. The van der Waals surface area contributed by atoms with Crippen LogP contribution >= 0.6 is 0 Å². The second-order valence-electron chi connectivity index (χ2n) is 4.60. The topological polar surface area (TPSA) is 64.3 Å². The van der Waals surface area contributed by atoms with Gasteiger partial charge in [0.2, 0.25) is 0 Å². The maximum absolute atomic E-state index is 11.5. The molecule has 0 aromatic rings. The molecule has 0 aromatic carbocycles. The van der Waals surface area contributed by atoms with Crippen LogP contribution in [0, 0.1) is 0 Å². The van der Waals surface area contributed by atoms with Gasteiger partial charge in [-0.15, -0.1) is 0 Å². The van der Waals surface area contributed by atoms with Crippen LogP contribution in [0.1, 0.15) is 51.9 Å². The molecule has 1 rings (SSSR count). The van der Waals surface area contributed by atoms with Gasteiger partial charge in [0.05, 0.1) is 12.1 Å². The highest BCUT2D eigenvalue weighted by Gasteiger charge is 2.30. The summed E-state index contributed by atoms with van der Waals surface area (Å²) in [6.07, 6.45) is 7.70. The lowest BCUT2D eigenvalue weighted by molar-refractivity contribution is 0.132. The van der Waals surface area contributed by atoms with E-state index in [4.69, 9.17) is 10.5 Å². The van der Waals surface area contributed by atoms with Crippen molar-refractivity contribution in [1.82, 2.24) is 5.32 Å². The third-order valence-electron chi connectivity index (χ3n) is 3.34. The minimum Gasteiger partial charge on any atom is -0.450 e. The largest absolute Gasteiger partial charge is 0.450 e. The van der Waals surface area contributed by atoms with Gasteiger partial charge in [0.1, 0.15) is 0 Å². The van der Waals surface area contributed by atoms with E-state index in [1.165, 1.54) is 19.3 Å². The second-order valence-corrected chi connectivity index (χ2v) is 4.60. The third kappa shape index (κ3) is 4.00. The maximum Gasteiger partial charge on any atom is 0.407 e. The molecule has 1 saturated carbocycles. The van der Waals surface area contributed by atoms with Gasteiger partial charge in [-0.2, -0.15) is 0 Å². The molecule has 0 bridgehead atoms. The van der Waals surface area contributed by atoms with Gasteiger partial charge in [0.15, 0.2) is 0 Å². The van der Waals surface area contributed by atoms with Gasteiger partial charge < -0.3 is 15.8 Å². The Bertz CT molecular complexity index is 211. The molecule has 1 aliphatic rings. The predicted octanol–water partition coefficient (Wildman–Crippen LogP) is 2.17. The van der Waals surface area contributed by atoms with Crippen molar-refractivity contribution >= 4 is 6.09 Å². The molecule has 1 amide bonds. The minimum absolute atomic E-state index is 0.229. The first-order valence-electron chi connectivity index (χ1n) is 6.37. The summed E-state index contributed by atoms with van der Waals surface area (Å²) in [4.78, 5) is 11.5. The fourth-order valence-corrected chi connectivity index (χ4v) is 2.35. The van der Waals surface area contributed by atoms with E-state index in [0.29, 0.717) is 13.2 Å². The summed E-state index contributed by atoms with van der Waals surface area (Å²) in [6.45, 7) is 2.73. The number of amides is 1. The van der Waals surface area contributed by atoms with Crippen molar-refractivity contribution in [2.24, 2.45) is 5.73 Å². The number of alkyl carbamates (subject to hydrolysis) is 1. The monoisotopic (exact) mass is 228 g/mol. The van der Waals surface area contributed by atoms with Crippen molar-refractivity contribution < 1.29 is 9.53 Å². The molecule has 0 radical (unpaired) electrons. The number of carbonyl (C=O) groups excluding carboxylic acids is 1. The first-order chi connectivity index (χ1) is 7.72. The van der Waals surface area contributed by atoms with Crippen LogP contribution in [0.3, 0.4) is 0 Å². The van der Waals surface area contributed by atoms with Crippen LogP contribution < -0.4 is 11.1 Å². The van der Waals surface area contributed by atoms with Crippen molar-refractivity contribution in [2.45, 2.75) is 57.4 Å². The highest BCUT2D eigenvalue weighted by atomic mass is 16.5. The number of carbonyl (C=O) groups is 1. The quantitative estimate of drug-likeness (QED) is 0.778. The Kier molecular flexibility index (Phi) is 5.60. The molecule has 4 heteroatoms. The van der Waals surface area contributed by atoms with Crippen molar-refractivity contribution in [2.75, 3.05) is 13.2 Å². The number of ether oxygens (including phenoxy) is 1. The zero-order valence-electron chi connectivity index (χ0n) is 10.3. The van der Waals surface area contributed by atoms with E-state index in [0.717, 1.165) is 25.7 Å². The van der Waals surface area contributed by atoms with Crippen LogP contribution in [-0.4, -0.2) is 24.8 Å². The maximum atomic E-state index is 11.5. The summed E-state index contributed by atoms with van der Waals surface area (Å²) in [6, 6.07) is 0. The molecule has 0 saturated heterocycles. The van der Waals surface area contributed by atoms with E-state index in [9.17, 15) is 4.79 Å². The predicted molar refractivity (Wildman–Crippen MR) is 64.3 cm³/mol. The summed E-state index contributed by atoms with van der Waals surface area (Å²) in [5.74, 6) is 0. The molecule has 16 heavy (non-hydrogen) atoms. The van der Waals surface area contributed by atoms with Crippen LogP contribution in [0.25, 0.3) is 0 Å². The Morgan fingerprint density at radius 2 is 1.81 bits per heavy atom. The highest BCUT2D eigenvalue weighted by molar-refractivity contribution is 5.68. The molecule has 0 spiro atoms. The fraction of sp³-hybridized carbons (Fsp3) is 0.917. The molecule has 3 N–H and O–H groups in total. The fourth-order valence-electron chi connectivity index (χ4n) is 2.35. The molecule has 4 nitrogen and oxygen atoms in total. The van der Waals surface area contributed by atoms with E-state index < -0.39 is 0 Å². The van der Waals surface area contributed by atoms with Crippen molar-refractivity contribution in [3.05, 3.63) is 0 Å². The Morgan fingerprint density at radius 3 is 2.31 bits per heavy atom. The van der Waals surface area contributed by atoms with Crippen molar-refractivity contribution in [1.29, 1.82) is 0 Å². The number of nitrogens with two attached hydrogens (primary N) is 1. The minimum atomic E-state index is -0.325. The number of hydrogen-bond acceptors (Lipinski definition) is 3. The molecular weight excluding hydrogens is 204 g/mol. The van der Waals surface area contributed by atoms with Gasteiger partial charge >= 0.3 is 6.09 Å². The summed E-state index contributed by atoms with van der Waals surface area (Å²) in [5, 5.41) is 2.96. The number of hydrogen-bond donors (Lipinski definition) is 2. The van der Waals surface area contributed by atoms with Crippen LogP contribution in [0.15, 0.2) is 0 Å². The average Bonchev–Trinajstić information content (AvgIpc) is 2.23. The zero-order chi connectivity index (χ0) is 11.9. The summed E-state index contributed by atoms with van der Waals surface area (Å²) in [5.41, 5.74) is 5.60. The molecule has 0 aliphatic heterocycles. The van der Waals surface area contributed by atoms with E-state index in [1.807, 2.05) is 6.92 Å². The van der Waals surface area contributed by atoms with Crippen molar-refractivity contribution in [3.8, 4) is 0 Å². The Morgan fingerprint density at radius 1 is 1.25 bits per heavy atom. The Hall–Kier alpha value is -0.770. The zero-order valence-corrected chi connectivity index (χ0v) is 10.3. The summed E-state index contributed by atoms with van der Waals surface area (Å²) in [7, 11) is 0. The number of nitrogens with one attached hydrogen (secondary N) is 1. The molecule has 1 fully saturated rings. The summed E-state index contributed by atoms with van der Waals surface area (Å²) < 4.78 is 4.94. The van der Waals surface area contributed by atoms with Crippen LogP contribution in [0.4, 0.5) is 4.79 Å². The van der Waals surface area contributed by atoms with Crippen LogP contribution in [0.2, 0.25) is 0 Å². The van der Waals surface area contributed by atoms with Gasteiger partial charge in [0, 0.05) is 6.54 Å². The second kappa shape index (κ2) is 6.74. The van der Waals surface area contributed by atoms with E-state index in [2.05, 4.69) is 5.32 Å². The van der Waals surface area contributed by atoms with Crippen LogP contribution in [-0.2, 0) is 4.74 Å². The van der Waals surface area contributed by atoms with E-state index in [-0.39, 0.29) is 11.6 Å². The molecular formula is C12H24N2O2. The van der Waals surface area contributed by atoms with E-state index >= 15 is 0 Å². The Labute approximate surface area is 97.9 Å². The molecule has 0 heterocycles. The van der Waals surface area contributed by atoms with Gasteiger partial charge in [-0.25, -0.2) is 4.79 Å². The molecule has 0 unspecified atom stereocenters. The lowest BCUT2D eigenvalue weighted by Crippen LogP contribution is -2.54. The van der Waals surface area contributed by atoms with Gasteiger partial charge in [-0.3, -0.25) is 0 Å². The number of rotatable bonds is 3. The van der Waals surface area contributed by atoms with E-state index in [1.54, 1.807) is 0 Å². The molecule has 0 atom stereocenters. The smallest absolute Gasteiger partial charge is 0.407 e. The highest BCUT2D eigenvalue weighted by Crippen LogP contribution is 2.25. The first-order valence-corrected chi connectivity index (χ1v) is 6.37. The lowest BCUT2D eigenvalue weighted by atomic mass is 9.84. The molecule has 1 aliphatic carbocycles. The third-order valence-corrected chi connectivity index (χ3v) is 3.34. The molecule has 0 aromatic heterocycles.